The van der Waals surface area contributed by atoms with Crippen LogP contribution in [0.3, 0.4) is 0 Å². The van der Waals surface area contributed by atoms with Gasteiger partial charge < -0.3 is 20.7 Å². The molecule has 136 valence electrons. The minimum atomic E-state index is -0.386. The first kappa shape index (κ1) is 19.8. The summed E-state index contributed by atoms with van der Waals surface area (Å²) in [6.45, 7) is 7.59. The fourth-order valence-electron chi connectivity index (χ4n) is 2.29. The molecule has 3 N–H and O–H groups in total. The van der Waals surface area contributed by atoms with Crippen molar-refractivity contribution in [2.45, 2.75) is 39.8 Å². The number of hydrogen-bond donors (Lipinski definition) is 3. The van der Waals surface area contributed by atoms with E-state index in [0.29, 0.717) is 31.6 Å². The standard InChI is InChI=1S/C16H30N6O2/c1-6-24-16(23)21-13(9-12(2)3)10-18-15(17-4)19-11-14-7-8-20-22(14)5/h7-8,12-13H,6,9-11H2,1-5H3,(H,21,23)(H2,17,18,19). The molecule has 0 bridgehead atoms. The first-order valence-electron chi connectivity index (χ1n) is 8.30. The van der Waals surface area contributed by atoms with E-state index in [1.807, 2.05) is 17.8 Å². The minimum Gasteiger partial charge on any atom is -0.450 e. The van der Waals surface area contributed by atoms with Crippen molar-refractivity contribution in [2.75, 3.05) is 20.2 Å². The van der Waals surface area contributed by atoms with E-state index in [-0.39, 0.29) is 12.1 Å². The number of nitrogens with one attached hydrogen (secondary N) is 3. The molecule has 0 spiro atoms. The topological polar surface area (TPSA) is 92.6 Å². The fourth-order valence-corrected chi connectivity index (χ4v) is 2.29. The zero-order valence-electron chi connectivity index (χ0n) is 15.3. The SMILES string of the molecule is CCOC(=O)NC(CNC(=NC)NCc1ccnn1C)CC(C)C. The van der Waals surface area contributed by atoms with Crippen LogP contribution in [0.5, 0.6) is 0 Å². The van der Waals surface area contributed by atoms with Crippen LogP contribution in [0.2, 0.25) is 0 Å². The van der Waals surface area contributed by atoms with Gasteiger partial charge in [0.15, 0.2) is 5.96 Å². The lowest BCUT2D eigenvalue weighted by atomic mass is 10.0. The predicted molar refractivity (Wildman–Crippen MR) is 94.8 cm³/mol. The van der Waals surface area contributed by atoms with E-state index in [9.17, 15) is 4.79 Å². The van der Waals surface area contributed by atoms with Gasteiger partial charge in [-0.3, -0.25) is 9.67 Å². The lowest BCUT2D eigenvalue weighted by molar-refractivity contribution is 0.146. The molecule has 1 heterocycles. The number of ether oxygens (including phenoxy) is 1. The van der Waals surface area contributed by atoms with Gasteiger partial charge in [-0.2, -0.15) is 5.10 Å². The van der Waals surface area contributed by atoms with E-state index in [1.54, 1.807) is 20.2 Å². The summed E-state index contributed by atoms with van der Waals surface area (Å²) in [5, 5.41) is 13.5. The van der Waals surface area contributed by atoms with Gasteiger partial charge in [0.25, 0.3) is 0 Å². The molecule has 8 heteroatoms. The fraction of sp³-hybridized carbons (Fsp3) is 0.688. The zero-order valence-corrected chi connectivity index (χ0v) is 15.3. The van der Waals surface area contributed by atoms with Crippen LogP contribution in [-0.4, -0.2) is 48.1 Å². The Morgan fingerprint density at radius 1 is 1.42 bits per heavy atom. The van der Waals surface area contributed by atoms with E-state index in [4.69, 9.17) is 4.74 Å². The lowest BCUT2D eigenvalue weighted by Gasteiger charge is -2.22. The van der Waals surface area contributed by atoms with Crippen LogP contribution in [0, 0.1) is 5.92 Å². The van der Waals surface area contributed by atoms with Gasteiger partial charge >= 0.3 is 6.09 Å². The van der Waals surface area contributed by atoms with Gasteiger partial charge in [-0.25, -0.2) is 4.79 Å². The monoisotopic (exact) mass is 338 g/mol. The molecule has 0 fully saturated rings. The van der Waals surface area contributed by atoms with Crippen LogP contribution in [0.25, 0.3) is 0 Å². The summed E-state index contributed by atoms with van der Waals surface area (Å²) in [4.78, 5) is 15.9. The molecule has 1 aromatic heterocycles. The maximum absolute atomic E-state index is 11.7. The normalized spacial score (nSPS) is 12.8. The Balaban J connectivity index is 2.49. The third-order valence-corrected chi connectivity index (χ3v) is 3.45. The number of hydrogen-bond acceptors (Lipinski definition) is 4. The maximum atomic E-state index is 11.7. The van der Waals surface area contributed by atoms with Gasteiger partial charge in [-0.05, 0) is 25.3 Å². The molecule has 1 atom stereocenters. The van der Waals surface area contributed by atoms with E-state index in [2.05, 4.69) is 39.9 Å². The summed E-state index contributed by atoms with van der Waals surface area (Å²) in [7, 11) is 3.62. The van der Waals surface area contributed by atoms with Crippen molar-refractivity contribution in [3.05, 3.63) is 18.0 Å². The van der Waals surface area contributed by atoms with E-state index >= 15 is 0 Å². The largest absolute Gasteiger partial charge is 0.450 e. The second-order valence-electron chi connectivity index (χ2n) is 5.94. The van der Waals surface area contributed by atoms with Crippen molar-refractivity contribution >= 4 is 12.1 Å². The molecular formula is C16H30N6O2. The molecule has 0 aliphatic rings. The molecule has 0 saturated heterocycles. The Morgan fingerprint density at radius 3 is 2.71 bits per heavy atom. The Morgan fingerprint density at radius 2 is 2.17 bits per heavy atom. The first-order valence-corrected chi connectivity index (χ1v) is 8.30. The molecule has 0 aromatic carbocycles. The van der Waals surface area contributed by atoms with Gasteiger partial charge in [-0.15, -0.1) is 0 Å². The molecule has 8 nitrogen and oxygen atoms in total. The summed E-state index contributed by atoms with van der Waals surface area (Å²) < 4.78 is 6.77. The molecule has 1 unspecified atom stereocenters. The summed E-state index contributed by atoms with van der Waals surface area (Å²) in [6, 6.07) is 1.92. The average Bonchev–Trinajstić information content (AvgIpc) is 2.92. The highest BCUT2D eigenvalue weighted by Crippen LogP contribution is 2.04. The number of carbonyl (C=O) groups excluding carboxylic acids is 1. The van der Waals surface area contributed by atoms with Crippen molar-refractivity contribution in [2.24, 2.45) is 18.0 Å². The highest BCUT2D eigenvalue weighted by atomic mass is 16.5. The smallest absolute Gasteiger partial charge is 0.407 e. The Labute approximate surface area is 144 Å². The maximum Gasteiger partial charge on any atom is 0.407 e. The molecule has 0 aliphatic heterocycles. The highest BCUT2D eigenvalue weighted by Gasteiger charge is 2.15. The van der Waals surface area contributed by atoms with Crippen molar-refractivity contribution in [1.82, 2.24) is 25.7 Å². The molecule has 0 radical (unpaired) electrons. The number of guanidine groups is 1. The number of aromatic nitrogens is 2. The van der Waals surface area contributed by atoms with Gasteiger partial charge in [0.1, 0.15) is 0 Å². The van der Waals surface area contributed by atoms with Crippen molar-refractivity contribution < 1.29 is 9.53 Å². The van der Waals surface area contributed by atoms with Gasteiger partial charge in [-0.1, -0.05) is 13.8 Å². The van der Waals surface area contributed by atoms with Crippen molar-refractivity contribution in [3.63, 3.8) is 0 Å². The predicted octanol–water partition coefficient (Wildman–Crippen LogP) is 1.25. The molecule has 1 rings (SSSR count). The summed E-state index contributed by atoms with van der Waals surface area (Å²) in [5.41, 5.74) is 1.06. The lowest BCUT2D eigenvalue weighted by Crippen LogP contribution is -2.47. The highest BCUT2D eigenvalue weighted by molar-refractivity contribution is 5.79. The number of rotatable bonds is 8. The number of aryl methyl sites for hydroxylation is 1. The van der Waals surface area contributed by atoms with Crippen LogP contribution in [0.15, 0.2) is 17.3 Å². The molecule has 0 saturated carbocycles. The zero-order chi connectivity index (χ0) is 17.9. The third kappa shape index (κ3) is 7.34. The summed E-state index contributed by atoms with van der Waals surface area (Å²) in [6.07, 6.45) is 2.22. The van der Waals surface area contributed by atoms with E-state index < -0.39 is 0 Å². The van der Waals surface area contributed by atoms with Crippen LogP contribution >= 0.6 is 0 Å². The molecule has 1 aromatic rings. The quantitative estimate of drug-likeness (QED) is 0.490. The summed E-state index contributed by atoms with van der Waals surface area (Å²) >= 11 is 0. The second-order valence-corrected chi connectivity index (χ2v) is 5.94. The Kier molecular flexibility index (Phi) is 8.67. The average molecular weight is 338 g/mol. The minimum absolute atomic E-state index is 0.0284. The second kappa shape index (κ2) is 10.5. The number of nitrogens with zero attached hydrogens (tertiary/aromatic N) is 3. The Bertz CT molecular complexity index is 526. The van der Waals surface area contributed by atoms with E-state index in [0.717, 1.165) is 12.1 Å². The van der Waals surface area contributed by atoms with Gasteiger partial charge in [0.2, 0.25) is 0 Å². The number of aliphatic imine (C=N–C) groups is 1. The van der Waals surface area contributed by atoms with Crippen LogP contribution in [0.1, 0.15) is 32.9 Å². The molecule has 1 amide bonds. The van der Waals surface area contributed by atoms with Crippen LogP contribution < -0.4 is 16.0 Å². The first-order chi connectivity index (χ1) is 11.5. The third-order valence-electron chi connectivity index (χ3n) is 3.45. The number of carbonyl (C=O) groups is 1. The van der Waals surface area contributed by atoms with Gasteiger partial charge in [0.05, 0.1) is 18.8 Å². The van der Waals surface area contributed by atoms with Gasteiger partial charge in [0, 0.05) is 32.9 Å². The summed E-state index contributed by atoms with van der Waals surface area (Å²) in [5.74, 6) is 1.14. The van der Waals surface area contributed by atoms with E-state index in [1.165, 1.54) is 0 Å². The molecule has 24 heavy (non-hydrogen) atoms. The molecular weight excluding hydrogens is 308 g/mol. The number of amides is 1. The van der Waals surface area contributed by atoms with Crippen molar-refractivity contribution in [3.8, 4) is 0 Å². The van der Waals surface area contributed by atoms with Crippen LogP contribution in [0.4, 0.5) is 4.79 Å². The Hall–Kier alpha value is -2.25. The molecule has 0 aliphatic carbocycles. The van der Waals surface area contributed by atoms with Crippen molar-refractivity contribution in [1.29, 1.82) is 0 Å². The number of alkyl carbamates (subject to hydrolysis) is 1. The van der Waals surface area contributed by atoms with Crippen LogP contribution in [-0.2, 0) is 18.3 Å².